The van der Waals surface area contributed by atoms with Gasteiger partial charge in [0.15, 0.2) is 5.72 Å². The van der Waals surface area contributed by atoms with Crippen molar-refractivity contribution >= 4 is 0 Å². The first kappa shape index (κ1) is 10.3. The summed E-state index contributed by atoms with van der Waals surface area (Å²) >= 11 is 0. The fraction of sp³-hybridized carbons (Fsp3) is 0.571. The van der Waals surface area contributed by atoms with Gasteiger partial charge < -0.3 is 0 Å². The molecule has 0 amide bonds. The molecule has 1 saturated heterocycles. The Morgan fingerprint density at radius 3 is 2.75 bits per heavy atom. The summed E-state index contributed by atoms with van der Waals surface area (Å²) in [6.07, 6.45) is 3.70. The average molecular weight is 217 g/mol. The van der Waals surface area contributed by atoms with E-state index in [-0.39, 0.29) is 5.72 Å². The summed E-state index contributed by atoms with van der Waals surface area (Å²) in [5.41, 5.74) is 1.44. The van der Waals surface area contributed by atoms with E-state index in [2.05, 4.69) is 49.2 Å². The van der Waals surface area contributed by atoms with E-state index in [1.165, 1.54) is 24.8 Å². The lowest BCUT2D eigenvalue weighted by molar-refractivity contribution is 0.154. The Morgan fingerprint density at radius 2 is 2.12 bits per heavy atom. The highest BCUT2D eigenvalue weighted by Crippen LogP contribution is 2.54. The molecule has 0 N–H and O–H groups in total. The molecule has 0 aromatic heterocycles. The van der Waals surface area contributed by atoms with E-state index in [9.17, 15) is 0 Å². The highest BCUT2D eigenvalue weighted by Gasteiger charge is 2.60. The van der Waals surface area contributed by atoms with Crippen molar-refractivity contribution in [1.82, 2.24) is 5.06 Å². The predicted octanol–water partition coefficient (Wildman–Crippen LogP) is 3.51. The van der Waals surface area contributed by atoms with E-state index < -0.39 is 0 Å². The van der Waals surface area contributed by atoms with Crippen molar-refractivity contribution in [3.05, 3.63) is 35.9 Å². The lowest BCUT2D eigenvalue weighted by Crippen LogP contribution is -2.17. The maximum atomic E-state index is 5.89. The smallest absolute Gasteiger partial charge is 0.165 e. The summed E-state index contributed by atoms with van der Waals surface area (Å²) in [7, 11) is 0. The molecule has 4 unspecified atom stereocenters. The molecule has 1 aliphatic heterocycles. The molecule has 1 aromatic carbocycles. The molecular weight excluding hydrogens is 198 g/mol. The van der Waals surface area contributed by atoms with Crippen molar-refractivity contribution in [2.24, 2.45) is 5.92 Å². The van der Waals surface area contributed by atoms with Crippen molar-refractivity contribution in [2.75, 3.05) is 0 Å². The topological polar surface area (TPSA) is 15.5 Å². The Morgan fingerprint density at radius 1 is 1.38 bits per heavy atom. The lowest BCUT2D eigenvalue weighted by Gasteiger charge is -2.12. The third kappa shape index (κ3) is 1.57. The van der Waals surface area contributed by atoms with Crippen LogP contribution in [-0.4, -0.2) is 10.8 Å². The SMILES string of the molecule is CC1CCC2(C1)ON2C(C)c1ccccc1. The molecular formula is C14H19NO. The minimum Gasteiger partial charge on any atom is -0.271 e. The molecule has 2 heteroatoms. The zero-order chi connectivity index (χ0) is 11.2. The lowest BCUT2D eigenvalue weighted by atomic mass is 10.1. The summed E-state index contributed by atoms with van der Waals surface area (Å²) in [5.74, 6) is 0.813. The molecule has 2 fully saturated rings. The second kappa shape index (κ2) is 3.57. The van der Waals surface area contributed by atoms with Gasteiger partial charge in [0.1, 0.15) is 0 Å². The maximum Gasteiger partial charge on any atom is 0.165 e. The van der Waals surface area contributed by atoms with Crippen LogP contribution in [-0.2, 0) is 4.84 Å². The zero-order valence-corrected chi connectivity index (χ0v) is 10.0. The van der Waals surface area contributed by atoms with Crippen LogP contribution in [0.1, 0.15) is 44.7 Å². The Bertz CT molecular complexity index is 378. The van der Waals surface area contributed by atoms with Crippen molar-refractivity contribution in [3.63, 3.8) is 0 Å². The van der Waals surface area contributed by atoms with Gasteiger partial charge in [-0.1, -0.05) is 37.3 Å². The van der Waals surface area contributed by atoms with Gasteiger partial charge in [-0.05, 0) is 37.7 Å². The van der Waals surface area contributed by atoms with Crippen LogP contribution >= 0.6 is 0 Å². The number of nitrogens with zero attached hydrogens (tertiary/aromatic N) is 1. The molecule has 86 valence electrons. The highest BCUT2D eigenvalue weighted by molar-refractivity contribution is 5.19. The van der Waals surface area contributed by atoms with Crippen molar-refractivity contribution in [1.29, 1.82) is 0 Å². The third-order valence-corrected chi connectivity index (χ3v) is 3.97. The number of hydroxylamine groups is 2. The van der Waals surface area contributed by atoms with Gasteiger partial charge in [-0.2, -0.15) is 0 Å². The largest absolute Gasteiger partial charge is 0.271 e. The van der Waals surface area contributed by atoms with Gasteiger partial charge in [-0.25, -0.2) is 0 Å². The first-order valence-corrected chi connectivity index (χ1v) is 6.25. The van der Waals surface area contributed by atoms with Gasteiger partial charge in [-0.15, -0.1) is 5.06 Å². The molecule has 1 heterocycles. The number of benzene rings is 1. The molecule has 1 aliphatic carbocycles. The molecule has 1 saturated carbocycles. The summed E-state index contributed by atoms with van der Waals surface area (Å²) in [4.78, 5) is 5.89. The van der Waals surface area contributed by atoms with Gasteiger partial charge >= 0.3 is 0 Å². The van der Waals surface area contributed by atoms with Gasteiger partial charge in [0.05, 0.1) is 6.04 Å². The zero-order valence-electron chi connectivity index (χ0n) is 10.0. The normalized spacial score (nSPS) is 38.9. The third-order valence-electron chi connectivity index (χ3n) is 3.97. The monoisotopic (exact) mass is 217 g/mol. The van der Waals surface area contributed by atoms with E-state index in [0.29, 0.717) is 6.04 Å². The quantitative estimate of drug-likeness (QED) is 0.704. The van der Waals surface area contributed by atoms with E-state index in [0.717, 1.165) is 5.92 Å². The van der Waals surface area contributed by atoms with Crippen molar-refractivity contribution in [2.45, 2.75) is 44.9 Å². The average Bonchev–Trinajstić information content (AvgIpc) is 2.88. The van der Waals surface area contributed by atoms with Crippen LogP contribution < -0.4 is 0 Å². The maximum absolute atomic E-state index is 5.89. The molecule has 16 heavy (non-hydrogen) atoms. The van der Waals surface area contributed by atoms with Crippen LogP contribution in [0.3, 0.4) is 0 Å². The number of hydrogen-bond acceptors (Lipinski definition) is 2. The van der Waals surface area contributed by atoms with E-state index in [1.54, 1.807) is 0 Å². The van der Waals surface area contributed by atoms with Crippen LogP contribution in [0.2, 0.25) is 0 Å². The second-order valence-corrected chi connectivity index (χ2v) is 5.30. The number of hydrogen-bond donors (Lipinski definition) is 0. The molecule has 2 aliphatic rings. The first-order chi connectivity index (χ1) is 7.71. The Balaban J connectivity index is 1.73. The molecule has 1 spiro atoms. The standard InChI is InChI=1S/C14H19NO/c1-11-8-9-14(10-11)15(16-14)12(2)13-6-4-3-5-7-13/h3-7,11-12H,8-10H2,1-2H3. The minimum absolute atomic E-state index is 0.0919. The second-order valence-electron chi connectivity index (χ2n) is 5.30. The van der Waals surface area contributed by atoms with Gasteiger partial charge in [0.2, 0.25) is 0 Å². The van der Waals surface area contributed by atoms with Crippen molar-refractivity contribution in [3.8, 4) is 0 Å². The highest BCUT2D eigenvalue weighted by atomic mass is 16.9. The molecule has 0 bridgehead atoms. The van der Waals surface area contributed by atoms with Crippen LogP contribution in [0.25, 0.3) is 0 Å². The minimum atomic E-state index is 0.0919. The molecule has 3 rings (SSSR count). The van der Waals surface area contributed by atoms with Crippen LogP contribution in [0, 0.1) is 5.92 Å². The molecule has 4 atom stereocenters. The van der Waals surface area contributed by atoms with Gasteiger partial charge in [0.25, 0.3) is 0 Å². The first-order valence-electron chi connectivity index (χ1n) is 6.25. The van der Waals surface area contributed by atoms with E-state index in [4.69, 9.17) is 4.84 Å². The Kier molecular flexibility index (Phi) is 2.30. The fourth-order valence-corrected chi connectivity index (χ4v) is 2.97. The molecule has 0 radical (unpaired) electrons. The molecule has 2 nitrogen and oxygen atoms in total. The predicted molar refractivity (Wildman–Crippen MR) is 63.5 cm³/mol. The Hall–Kier alpha value is -0.860. The summed E-state index contributed by atoms with van der Waals surface area (Å²) < 4.78 is 0. The van der Waals surface area contributed by atoms with Crippen LogP contribution in [0.4, 0.5) is 0 Å². The number of rotatable bonds is 2. The van der Waals surface area contributed by atoms with E-state index >= 15 is 0 Å². The summed E-state index contributed by atoms with van der Waals surface area (Å²) in [6.45, 7) is 4.55. The Labute approximate surface area is 97.2 Å². The molecule has 1 aromatic rings. The summed E-state index contributed by atoms with van der Waals surface area (Å²) in [5, 5.41) is 2.20. The van der Waals surface area contributed by atoms with Crippen molar-refractivity contribution < 1.29 is 4.84 Å². The van der Waals surface area contributed by atoms with Gasteiger partial charge in [-0.3, -0.25) is 4.84 Å². The fourth-order valence-electron chi connectivity index (χ4n) is 2.97. The van der Waals surface area contributed by atoms with Crippen LogP contribution in [0.15, 0.2) is 30.3 Å². The van der Waals surface area contributed by atoms with E-state index in [1.807, 2.05) is 0 Å². The van der Waals surface area contributed by atoms with Crippen LogP contribution in [0.5, 0.6) is 0 Å². The summed E-state index contributed by atoms with van der Waals surface area (Å²) in [6, 6.07) is 11.0. The van der Waals surface area contributed by atoms with Gasteiger partial charge in [0, 0.05) is 0 Å².